The van der Waals surface area contributed by atoms with Crippen molar-refractivity contribution in [1.82, 2.24) is 10.2 Å². The first-order valence-electron chi connectivity index (χ1n) is 10.2. The van der Waals surface area contributed by atoms with Gasteiger partial charge in [0, 0.05) is 13.1 Å². The fourth-order valence-electron chi connectivity index (χ4n) is 3.23. The summed E-state index contributed by atoms with van der Waals surface area (Å²) in [5.74, 6) is -0.157. The molecule has 1 N–H and O–H groups in total. The lowest BCUT2D eigenvalue weighted by molar-refractivity contribution is -0.122. The zero-order valence-electron chi connectivity index (χ0n) is 16.0. The number of rotatable bonds is 11. The molecule has 25 heavy (non-hydrogen) atoms. The molecule has 0 aromatic carbocycles. The Bertz CT molecular complexity index is 399. The van der Waals surface area contributed by atoms with Gasteiger partial charge in [0.05, 0.1) is 18.0 Å². The minimum absolute atomic E-state index is 0.00926. The van der Waals surface area contributed by atoms with E-state index in [0.29, 0.717) is 0 Å². The van der Waals surface area contributed by atoms with Crippen molar-refractivity contribution in [2.45, 2.75) is 90.4 Å². The number of likely N-dealkylation sites (tertiary alicyclic amines) is 1. The van der Waals surface area contributed by atoms with Crippen molar-refractivity contribution in [3.8, 4) is 0 Å². The maximum Gasteiger partial charge on any atom is 0.227 e. The van der Waals surface area contributed by atoms with E-state index in [4.69, 9.17) is 12.2 Å². The van der Waals surface area contributed by atoms with E-state index >= 15 is 0 Å². The van der Waals surface area contributed by atoms with Crippen molar-refractivity contribution in [2.75, 3.05) is 19.6 Å². The van der Waals surface area contributed by atoms with E-state index in [0.717, 1.165) is 6.42 Å². The summed E-state index contributed by atoms with van der Waals surface area (Å²) >= 11 is 5.34. The third kappa shape index (κ3) is 11.3. The predicted molar refractivity (Wildman–Crippen MR) is 108 cm³/mol. The molecule has 0 aromatic heterocycles. The minimum Gasteiger partial charge on any atom is -0.366 e. The van der Waals surface area contributed by atoms with E-state index in [1.807, 2.05) is 0 Å². The van der Waals surface area contributed by atoms with Gasteiger partial charge in [-0.15, -0.1) is 0 Å². The first-order valence-corrected chi connectivity index (χ1v) is 10.6. The largest absolute Gasteiger partial charge is 0.366 e. The fraction of sp³-hybridized carbons (Fsp3) is 0.850. The summed E-state index contributed by atoms with van der Waals surface area (Å²) in [5.41, 5.74) is 0. The number of carbonyl (C=O) groups excluding carboxylic acids is 2. The number of nitrogens with zero attached hydrogens (tertiary/aromatic N) is 1. The van der Waals surface area contributed by atoms with Gasteiger partial charge >= 0.3 is 0 Å². The SMILES string of the molecule is CCCCCCCCCCCCN1CCCC1=S.O=C1CNC(=O)C1. The highest BCUT2D eigenvalue weighted by atomic mass is 32.1. The molecule has 0 aromatic rings. The molecule has 2 rings (SSSR count). The second-order valence-electron chi connectivity index (χ2n) is 7.16. The Hall–Kier alpha value is -0.970. The number of amides is 1. The zero-order chi connectivity index (χ0) is 18.3. The van der Waals surface area contributed by atoms with E-state index in [2.05, 4.69) is 17.1 Å². The van der Waals surface area contributed by atoms with Crippen LogP contribution in [0, 0.1) is 0 Å². The van der Waals surface area contributed by atoms with E-state index in [9.17, 15) is 9.59 Å². The van der Waals surface area contributed by atoms with Gasteiger partial charge in [-0.1, -0.05) is 76.9 Å². The van der Waals surface area contributed by atoms with Crippen LogP contribution in [0.15, 0.2) is 0 Å². The van der Waals surface area contributed by atoms with Crippen molar-refractivity contribution in [2.24, 2.45) is 0 Å². The Morgan fingerprint density at radius 3 is 1.96 bits per heavy atom. The average Bonchev–Trinajstić information content (AvgIpc) is 3.17. The lowest BCUT2D eigenvalue weighted by atomic mass is 10.1. The van der Waals surface area contributed by atoms with Gasteiger partial charge in [0.1, 0.15) is 0 Å². The molecule has 2 saturated heterocycles. The molecule has 2 heterocycles. The molecule has 2 aliphatic rings. The standard InChI is InChI=1S/C16H31NS.C4H5NO2/c1-2-3-4-5-6-7-8-9-10-11-14-17-15-12-13-16(17)18;6-3-1-4(7)5-2-3/h2-15H2,1H3;1-2H2,(H,5,7). The first kappa shape index (κ1) is 22.1. The fourth-order valence-corrected chi connectivity index (χ4v) is 3.56. The van der Waals surface area contributed by atoms with Gasteiger partial charge in [-0.3, -0.25) is 9.59 Å². The Morgan fingerprint density at radius 1 is 0.960 bits per heavy atom. The number of hydrogen-bond acceptors (Lipinski definition) is 3. The van der Waals surface area contributed by atoms with Gasteiger partial charge in [0.15, 0.2) is 5.78 Å². The van der Waals surface area contributed by atoms with Crippen LogP contribution in [0.3, 0.4) is 0 Å². The number of ketones is 1. The normalized spacial score (nSPS) is 16.8. The molecule has 0 radical (unpaired) electrons. The zero-order valence-corrected chi connectivity index (χ0v) is 16.8. The highest BCUT2D eigenvalue weighted by Gasteiger charge is 2.16. The number of carbonyl (C=O) groups is 2. The molecule has 0 saturated carbocycles. The van der Waals surface area contributed by atoms with E-state index < -0.39 is 0 Å². The summed E-state index contributed by atoms with van der Waals surface area (Å²) in [5, 5.41) is 2.38. The van der Waals surface area contributed by atoms with Crippen molar-refractivity contribution < 1.29 is 9.59 Å². The van der Waals surface area contributed by atoms with Crippen molar-refractivity contribution >= 4 is 28.9 Å². The van der Waals surface area contributed by atoms with Gasteiger partial charge < -0.3 is 10.2 Å². The highest BCUT2D eigenvalue weighted by molar-refractivity contribution is 7.80. The summed E-state index contributed by atoms with van der Waals surface area (Å²) in [4.78, 5) is 23.9. The monoisotopic (exact) mass is 368 g/mol. The molecule has 4 nitrogen and oxygen atoms in total. The van der Waals surface area contributed by atoms with Gasteiger partial charge in [-0.25, -0.2) is 0 Å². The predicted octanol–water partition coefficient (Wildman–Crippen LogP) is 4.41. The molecule has 0 bridgehead atoms. The van der Waals surface area contributed by atoms with Crippen LogP contribution < -0.4 is 5.32 Å². The smallest absolute Gasteiger partial charge is 0.227 e. The average molecular weight is 369 g/mol. The highest BCUT2D eigenvalue weighted by Crippen LogP contribution is 2.14. The second-order valence-corrected chi connectivity index (χ2v) is 7.63. The van der Waals surface area contributed by atoms with Gasteiger partial charge in [-0.05, 0) is 19.3 Å². The summed E-state index contributed by atoms with van der Waals surface area (Å²) in [6.45, 7) is 4.95. The third-order valence-electron chi connectivity index (χ3n) is 4.79. The lowest BCUT2D eigenvalue weighted by Crippen LogP contribution is -2.24. The van der Waals surface area contributed by atoms with E-state index in [1.54, 1.807) is 0 Å². The number of Topliss-reactive ketones (excluding diaryl/α,β-unsaturated/α-hetero) is 1. The Balaban J connectivity index is 0.000000370. The summed E-state index contributed by atoms with van der Waals surface area (Å²) in [7, 11) is 0. The first-order chi connectivity index (χ1) is 12.1. The van der Waals surface area contributed by atoms with Crippen LogP contribution >= 0.6 is 12.2 Å². The molecule has 0 atom stereocenters. The van der Waals surface area contributed by atoms with Crippen molar-refractivity contribution in [3.63, 3.8) is 0 Å². The third-order valence-corrected chi connectivity index (χ3v) is 5.26. The van der Waals surface area contributed by atoms with Crippen molar-refractivity contribution in [1.29, 1.82) is 0 Å². The maximum atomic E-state index is 10.2. The molecular formula is C20H36N2O2S. The molecule has 5 heteroatoms. The maximum absolute atomic E-state index is 10.2. The van der Waals surface area contributed by atoms with Crippen LogP contribution in [0.1, 0.15) is 90.4 Å². The van der Waals surface area contributed by atoms with Crippen LogP contribution in [-0.4, -0.2) is 41.2 Å². The van der Waals surface area contributed by atoms with E-state index in [-0.39, 0.29) is 24.7 Å². The molecule has 0 spiro atoms. The van der Waals surface area contributed by atoms with Crippen LogP contribution in [0.2, 0.25) is 0 Å². The number of thiocarbonyl (C=S) groups is 1. The topological polar surface area (TPSA) is 49.4 Å². The lowest BCUT2D eigenvalue weighted by Gasteiger charge is -2.17. The van der Waals surface area contributed by atoms with Crippen LogP contribution in [0.4, 0.5) is 0 Å². The molecule has 2 fully saturated rings. The molecular weight excluding hydrogens is 332 g/mol. The molecule has 1 amide bonds. The second kappa shape index (κ2) is 14.2. The van der Waals surface area contributed by atoms with Gasteiger partial charge in [-0.2, -0.15) is 0 Å². The van der Waals surface area contributed by atoms with Gasteiger partial charge in [0.25, 0.3) is 0 Å². The molecule has 0 unspecified atom stereocenters. The number of hydrogen-bond donors (Lipinski definition) is 1. The summed E-state index contributed by atoms with van der Waals surface area (Å²) in [6, 6.07) is 0. The van der Waals surface area contributed by atoms with Crippen LogP contribution in [0.25, 0.3) is 0 Å². The molecule has 2 aliphatic heterocycles. The molecule has 0 aliphatic carbocycles. The van der Waals surface area contributed by atoms with E-state index in [1.165, 1.54) is 88.7 Å². The quantitative estimate of drug-likeness (QED) is 0.333. The Kier molecular flexibility index (Phi) is 12.6. The van der Waals surface area contributed by atoms with Gasteiger partial charge in [0.2, 0.25) is 5.91 Å². The summed E-state index contributed by atoms with van der Waals surface area (Å²) < 4.78 is 0. The number of nitrogens with one attached hydrogen (secondary N) is 1. The Labute approximate surface area is 159 Å². The number of unbranched alkanes of at least 4 members (excludes halogenated alkanes) is 9. The van der Waals surface area contributed by atoms with Crippen LogP contribution in [-0.2, 0) is 9.59 Å². The minimum atomic E-state index is -0.148. The summed E-state index contributed by atoms with van der Waals surface area (Å²) in [6.07, 6.45) is 16.7. The molecule has 144 valence electrons. The van der Waals surface area contributed by atoms with Crippen molar-refractivity contribution in [3.05, 3.63) is 0 Å². The van der Waals surface area contributed by atoms with Crippen LogP contribution in [0.5, 0.6) is 0 Å². The Morgan fingerprint density at radius 2 is 1.56 bits per heavy atom.